The Morgan fingerprint density at radius 2 is 2.25 bits per heavy atom. The average Bonchev–Trinajstić information content (AvgIpc) is 2.86. The number of rotatable bonds is 7. The van der Waals surface area contributed by atoms with Gasteiger partial charge < -0.3 is 20.2 Å². The Bertz CT molecular complexity index is 578. The van der Waals surface area contributed by atoms with Gasteiger partial charge in [0.2, 0.25) is 5.91 Å². The Labute approximate surface area is 118 Å². The number of furan rings is 1. The fourth-order valence-electron chi connectivity index (χ4n) is 2.06. The highest BCUT2D eigenvalue weighted by atomic mass is 16.5. The summed E-state index contributed by atoms with van der Waals surface area (Å²) in [7, 11) is 1.61. The number of nitrogens with one attached hydrogen (secondary N) is 1. The molecule has 3 N–H and O–H groups in total. The van der Waals surface area contributed by atoms with Crippen LogP contribution in [-0.2, 0) is 11.2 Å². The molecule has 5 nitrogen and oxygen atoms in total. The zero-order valence-electron chi connectivity index (χ0n) is 11.6. The van der Waals surface area contributed by atoms with Crippen LogP contribution in [0.15, 0.2) is 28.9 Å². The number of methoxy groups -OCH3 is 1. The number of amides is 1. The summed E-state index contributed by atoms with van der Waals surface area (Å²) in [5.41, 5.74) is 7.03. The molecule has 0 saturated heterocycles. The first-order valence-electron chi connectivity index (χ1n) is 6.75. The first-order valence-corrected chi connectivity index (χ1v) is 6.75. The normalized spacial score (nSPS) is 10.7. The second-order valence-corrected chi connectivity index (χ2v) is 4.65. The maximum absolute atomic E-state index is 11.8. The molecule has 1 amide bonds. The van der Waals surface area contributed by atoms with E-state index >= 15 is 0 Å². The Balaban J connectivity index is 1.97. The van der Waals surface area contributed by atoms with Crippen LogP contribution in [0.5, 0.6) is 5.75 Å². The fraction of sp³-hybridized carbons (Fsp3) is 0.400. The zero-order valence-corrected chi connectivity index (χ0v) is 11.6. The molecule has 0 spiro atoms. The lowest BCUT2D eigenvalue weighted by Crippen LogP contribution is -2.26. The van der Waals surface area contributed by atoms with Gasteiger partial charge in [0.05, 0.1) is 19.8 Å². The predicted octanol–water partition coefficient (Wildman–Crippen LogP) is 1.84. The van der Waals surface area contributed by atoms with Crippen LogP contribution in [0.2, 0.25) is 0 Å². The summed E-state index contributed by atoms with van der Waals surface area (Å²) in [4.78, 5) is 11.8. The third-order valence-corrected chi connectivity index (χ3v) is 3.17. The number of hydrogen-bond donors (Lipinski definition) is 2. The van der Waals surface area contributed by atoms with Crippen LogP contribution in [0.1, 0.15) is 18.4 Å². The molecule has 0 atom stereocenters. The third-order valence-electron chi connectivity index (χ3n) is 3.17. The van der Waals surface area contributed by atoms with Crippen molar-refractivity contribution in [3.63, 3.8) is 0 Å². The van der Waals surface area contributed by atoms with Crippen molar-refractivity contribution >= 4 is 16.9 Å². The molecule has 1 heterocycles. The minimum Gasteiger partial charge on any atom is -0.497 e. The largest absolute Gasteiger partial charge is 0.497 e. The van der Waals surface area contributed by atoms with E-state index in [1.807, 2.05) is 18.2 Å². The van der Waals surface area contributed by atoms with Crippen molar-refractivity contribution < 1.29 is 13.9 Å². The summed E-state index contributed by atoms with van der Waals surface area (Å²) in [6, 6.07) is 5.59. The van der Waals surface area contributed by atoms with Gasteiger partial charge in [-0.2, -0.15) is 0 Å². The van der Waals surface area contributed by atoms with Crippen LogP contribution >= 0.6 is 0 Å². The third kappa shape index (κ3) is 3.51. The van der Waals surface area contributed by atoms with E-state index in [9.17, 15) is 4.79 Å². The quantitative estimate of drug-likeness (QED) is 0.756. The lowest BCUT2D eigenvalue weighted by atomic mass is 10.1. The van der Waals surface area contributed by atoms with Gasteiger partial charge in [-0.25, -0.2) is 0 Å². The molecule has 2 aromatic rings. The molecule has 0 bridgehead atoms. The van der Waals surface area contributed by atoms with Gasteiger partial charge in [-0.05, 0) is 31.5 Å². The number of nitrogens with two attached hydrogens (primary N) is 1. The minimum atomic E-state index is 0.000500. The van der Waals surface area contributed by atoms with Crippen molar-refractivity contribution in [2.75, 3.05) is 20.2 Å². The first-order chi connectivity index (χ1) is 9.74. The van der Waals surface area contributed by atoms with Crippen LogP contribution in [0.25, 0.3) is 11.0 Å². The average molecular weight is 276 g/mol. The molecule has 0 radical (unpaired) electrons. The Kier molecular flexibility index (Phi) is 5.01. The van der Waals surface area contributed by atoms with Crippen LogP contribution < -0.4 is 15.8 Å². The Morgan fingerprint density at radius 3 is 3.00 bits per heavy atom. The molecule has 0 aliphatic heterocycles. The van der Waals surface area contributed by atoms with Crippen molar-refractivity contribution in [2.24, 2.45) is 5.73 Å². The van der Waals surface area contributed by atoms with E-state index in [0.29, 0.717) is 19.5 Å². The molecule has 108 valence electrons. The highest BCUT2D eigenvalue weighted by Gasteiger charge is 2.10. The molecule has 20 heavy (non-hydrogen) atoms. The number of unbranched alkanes of at least 4 members (excludes halogenated alkanes) is 1. The molecular weight excluding hydrogens is 256 g/mol. The first kappa shape index (κ1) is 14.4. The molecule has 1 aromatic heterocycles. The second-order valence-electron chi connectivity index (χ2n) is 4.65. The molecule has 0 unspecified atom stereocenters. The van der Waals surface area contributed by atoms with Gasteiger partial charge >= 0.3 is 0 Å². The molecule has 1 aromatic carbocycles. The molecule has 0 aliphatic rings. The maximum Gasteiger partial charge on any atom is 0.224 e. The van der Waals surface area contributed by atoms with Crippen molar-refractivity contribution in [3.8, 4) is 5.75 Å². The highest BCUT2D eigenvalue weighted by Crippen LogP contribution is 2.25. The minimum absolute atomic E-state index is 0.000500. The lowest BCUT2D eigenvalue weighted by Gasteiger charge is -2.04. The number of ether oxygens (including phenoxy) is 1. The van der Waals surface area contributed by atoms with E-state index < -0.39 is 0 Å². The van der Waals surface area contributed by atoms with Crippen molar-refractivity contribution in [1.29, 1.82) is 0 Å². The van der Waals surface area contributed by atoms with E-state index in [1.54, 1.807) is 13.4 Å². The molecular formula is C15H20N2O3. The fourth-order valence-corrected chi connectivity index (χ4v) is 2.06. The summed E-state index contributed by atoms with van der Waals surface area (Å²) < 4.78 is 10.6. The summed E-state index contributed by atoms with van der Waals surface area (Å²) in [5.74, 6) is 0.741. The van der Waals surface area contributed by atoms with Gasteiger partial charge in [-0.1, -0.05) is 0 Å². The topological polar surface area (TPSA) is 77.5 Å². The van der Waals surface area contributed by atoms with E-state index in [1.165, 1.54) is 0 Å². The summed E-state index contributed by atoms with van der Waals surface area (Å²) in [6.07, 6.45) is 3.78. The molecule has 0 fully saturated rings. The lowest BCUT2D eigenvalue weighted by molar-refractivity contribution is -0.120. The molecule has 0 aliphatic carbocycles. The van der Waals surface area contributed by atoms with Gasteiger partial charge in [0, 0.05) is 23.6 Å². The zero-order chi connectivity index (χ0) is 14.4. The van der Waals surface area contributed by atoms with E-state index in [-0.39, 0.29) is 5.91 Å². The number of carbonyl (C=O) groups excluding carboxylic acids is 1. The smallest absolute Gasteiger partial charge is 0.224 e. The number of hydrogen-bond acceptors (Lipinski definition) is 4. The molecule has 2 rings (SSSR count). The number of benzene rings is 1. The van der Waals surface area contributed by atoms with Crippen LogP contribution in [0.3, 0.4) is 0 Å². The monoisotopic (exact) mass is 276 g/mol. The second kappa shape index (κ2) is 6.96. The Hall–Kier alpha value is -2.01. The summed E-state index contributed by atoms with van der Waals surface area (Å²) in [5, 5.41) is 3.83. The van der Waals surface area contributed by atoms with Gasteiger partial charge in [0.15, 0.2) is 0 Å². The van der Waals surface area contributed by atoms with Crippen LogP contribution in [0, 0.1) is 0 Å². The van der Waals surface area contributed by atoms with Crippen molar-refractivity contribution in [3.05, 3.63) is 30.0 Å². The molecule has 5 heteroatoms. The van der Waals surface area contributed by atoms with Crippen molar-refractivity contribution in [1.82, 2.24) is 5.32 Å². The molecule has 0 saturated carbocycles. The van der Waals surface area contributed by atoms with E-state index in [4.69, 9.17) is 14.9 Å². The van der Waals surface area contributed by atoms with Gasteiger partial charge in [-0.15, -0.1) is 0 Å². The van der Waals surface area contributed by atoms with E-state index in [0.717, 1.165) is 35.1 Å². The standard InChI is InChI=1S/C15H20N2O3/c1-19-12-4-5-13-11(10-20-14(13)9-12)8-15(18)17-7-3-2-6-16/h4-5,9-10H,2-3,6-8,16H2,1H3,(H,17,18). The predicted molar refractivity (Wildman–Crippen MR) is 77.8 cm³/mol. The van der Waals surface area contributed by atoms with Gasteiger partial charge in [-0.3, -0.25) is 4.79 Å². The van der Waals surface area contributed by atoms with E-state index in [2.05, 4.69) is 5.32 Å². The van der Waals surface area contributed by atoms with Gasteiger partial charge in [0.1, 0.15) is 11.3 Å². The number of carbonyl (C=O) groups is 1. The summed E-state index contributed by atoms with van der Waals surface area (Å²) in [6.45, 7) is 1.32. The SMILES string of the molecule is COc1ccc2c(CC(=O)NCCCCN)coc2c1. The summed E-state index contributed by atoms with van der Waals surface area (Å²) >= 11 is 0. The Morgan fingerprint density at radius 1 is 1.40 bits per heavy atom. The van der Waals surface area contributed by atoms with Crippen molar-refractivity contribution in [2.45, 2.75) is 19.3 Å². The van der Waals surface area contributed by atoms with Crippen LogP contribution in [-0.4, -0.2) is 26.1 Å². The maximum atomic E-state index is 11.8. The highest BCUT2D eigenvalue weighted by molar-refractivity contribution is 5.88. The van der Waals surface area contributed by atoms with Gasteiger partial charge in [0.25, 0.3) is 0 Å². The number of fused-ring (bicyclic) bond motifs is 1. The van der Waals surface area contributed by atoms with Crippen LogP contribution in [0.4, 0.5) is 0 Å².